The molecule has 0 aliphatic heterocycles. The summed E-state index contributed by atoms with van der Waals surface area (Å²) in [5.41, 5.74) is 9.24. The lowest BCUT2D eigenvalue weighted by Gasteiger charge is -2.16. The van der Waals surface area contributed by atoms with Gasteiger partial charge in [-0.3, -0.25) is 0 Å². The molecule has 2 rings (SSSR count). The van der Waals surface area contributed by atoms with Gasteiger partial charge in [0.15, 0.2) is 0 Å². The summed E-state index contributed by atoms with van der Waals surface area (Å²) in [6, 6.07) is 6.26. The number of ether oxygens (including phenoxy) is 1. The zero-order valence-corrected chi connectivity index (χ0v) is 10.6. The van der Waals surface area contributed by atoms with Gasteiger partial charge in [-0.15, -0.1) is 0 Å². The third-order valence-corrected chi connectivity index (χ3v) is 2.94. The molecule has 92 valence electrons. The number of imidazole rings is 1. The van der Waals surface area contributed by atoms with Crippen molar-refractivity contribution in [3.8, 4) is 0 Å². The van der Waals surface area contributed by atoms with Gasteiger partial charge < -0.3 is 15.0 Å². The molecule has 1 unspecified atom stereocenters. The minimum Gasteiger partial charge on any atom is -0.380 e. The molecule has 2 aromatic rings. The molecule has 0 saturated carbocycles. The summed E-state index contributed by atoms with van der Waals surface area (Å²) >= 11 is 0. The molecule has 0 spiro atoms. The van der Waals surface area contributed by atoms with Crippen LogP contribution in [-0.2, 0) is 4.74 Å². The number of aryl methyl sites for hydroxylation is 1. The molecule has 0 bridgehead atoms. The fraction of sp³-hybridized carbons (Fsp3) is 0.462. The molecule has 1 heterocycles. The maximum Gasteiger partial charge on any atom is 0.201 e. The number of nitrogens with two attached hydrogens (primary N) is 1. The number of aromatic nitrogens is 2. The van der Waals surface area contributed by atoms with Gasteiger partial charge in [0.05, 0.1) is 23.7 Å². The Labute approximate surface area is 101 Å². The molecule has 1 aromatic carbocycles. The van der Waals surface area contributed by atoms with Crippen molar-refractivity contribution in [2.75, 3.05) is 18.9 Å². The number of nitrogens with zero attached hydrogens (tertiary/aromatic N) is 2. The van der Waals surface area contributed by atoms with Crippen LogP contribution in [0.2, 0.25) is 0 Å². The number of rotatable bonds is 4. The molecule has 0 amide bonds. The van der Waals surface area contributed by atoms with E-state index >= 15 is 0 Å². The number of anilines is 1. The standard InChI is InChI=1S/C13H19N3O/c1-4-17-8-10(3)16-12-9(2)6-5-7-11(12)15-13(16)14/h5-7,10H,4,8H2,1-3H3,(H2,14,15). The lowest BCUT2D eigenvalue weighted by Crippen LogP contribution is -2.14. The fourth-order valence-electron chi connectivity index (χ4n) is 2.15. The molecule has 0 aliphatic carbocycles. The topological polar surface area (TPSA) is 53.1 Å². The van der Waals surface area contributed by atoms with Gasteiger partial charge in [-0.2, -0.15) is 0 Å². The average molecular weight is 233 g/mol. The quantitative estimate of drug-likeness (QED) is 0.882. The number of benzene rings is 1. The van der Waals surface area contributed by atoms with Crippen molar-refractivity contribution >= 4 is 17.0 Å². The van der Waals surface area contributed by atoms with Crippen LogP contribution in [0.4, 0.5) is 5.95 Å². The molecule has 1 aromatic heterocycles. The van der Waals surface area contributed by atoms with E-state index in [2.05, 4.69) is 29.5 Å². The van der Waals surface area contributed by atoms with Crippen molar-refractivity contribution < 1.29 is 4.74 Å². The summed E-state index contributed by atoms with van der Waals surface area (Å²) in [7, 11) is 0. The minimum atomic E-state index is 0.195. The monoisotopic (exact) mass is 233 g/mol. The second-order valence-electron chi connectivity index (χ2n) is 4.29. The van der Waals surface area contributed by atoms with Crippen LogP contribution in [0.15, 0.2) is 18.2 Å². The Balaban J connectivity index is 2.48. The third-order valence-electron chi connectivity index (χ3n) is 2.94. The highest BCUT2D eigenvalue weighted by Crippen LogP contribution is 2.25. The lowest BCUT2D eigenvalue weighted by molar-refractivity contribution is 0.120. The van der Waals surface area contributed by atoms with E-state index < -0.39 is 0 Å². The Morgan fingerprint density at radius 1 is 1.47 bits per heavy atom. The normalized spacial score (nSPS) is 13.1. The second kappa shape index (κ2) is 4.75. The Hall–Kier alpha value is -1.55. The summed E-state index contributed by atoms with van der Waals surface area (Å²) in [4.78, 5) is 4.39. The molecular formula is C13H19N3O. The van der Waals surface area contributed by atoms with Crippen LogP contribution >= 0.6 is 0 Å². The first-order valence-electron chi connectivity index (χ1n) is 5.96. The van der Waals surface area contributed by atoms with Crippen molar-refractivity contribution in [1.29, 1.82) is 0 Å². The summed E-state index contributed by atoms with van der Waals surface area (Å²) in [6.07, 6.45) is 0. The van der Waals surface area contributed by atoms with E-state index in [1.807, 2.05) is 19.1 Å². The zero-order valence-electron chi connectivity index (χ0n) is 10.6. The maximum atomic E-state index is 5.99. The van der Waals surface area contributed by atoms with Crippen LogP contribution in [0.25, 0.3) is 11.0 Å². The predicted octanol–water partition coefficient (Wildman–Crippen LogP) is 2.52. The maximum absolute atomic E-state index is 5.99. The molecule has 4 heteroatoms. The van der Waals surface area contributed by atoms with Gasteiger partial charge in [-0.05, 0) is 32.4 Å². The van der Waals surface area contributed by atoms with Crippen LogP contribution < -0.4 is 5.73 Å². The number of hydrogen-bond acceptors (Lipinski definition) is 3. The van der Waals surface area contributed by atoms with Crippen molar-refractivity contribution in [2.24, 2.45) is 0 Å². The van der Waals surface area contributed by atoms with Crippen molar-refractivity contribution in [1.82, 2.24) is 9.55 Å². The second-order valence-corrected chi connectivity index (χ2v) is 4.29. The van der Waals surface area contributed by atoms with E-state index in [0.717, 1.165) is 17.6 Å². The minimum absolute atomic E-state index is 0.195. The van der Waals surface area contributed by atoms with E-state index in [-0.39, 0.29) is 6.04 Å². The highest BCUT2D eigenvalue weighted by atomic mass is 16.5. The molecule has 2 N–H and O–H groups in total. The number of hydrogen-bond donors (Lipinski definition) is 1. The molecule has 17 heavy (non-hydrogen) atoms. The number of fused-ring (bicyclic) bond motifs is 1. The molecule has 0 aliphatic rings. The van der Waals surface area contributed by atoms with Gasteiger partial charge >= 0.3 is 0 Å². The Kier molecular flexibility index (Phi) is 3.33. The van der Waals surface area contributed by atoms with Crippen LogP contribution in [0.1, 0.15) is 25.5 Å². The van der Waals surface area contributed by atoms with Gasteiger partial charge in [-0.1, -0.05) is 12.1 Å². The first kappa shape index (κ1) is 11.9. The zero-order chi connectivity index (χ0) is 12.4. The van der Waals surface area contributed by atoms with E-state index in [1.165, 1.54) is 5.56 Å². The smallest absolute Gasteiger partial charge is 0.201 e. The average Bonchev–Trinajstić information content (AvgIpc) is 2.64. The van der Waals surface area contributed by atoms with E-state index in [1.54, 1.807) is 0 Å². The molecule has 1 atom stereocenters. The van der Waals surface area contributed by atoms with Gasteiger partial charge in [0.25, 0.3) is 0 Å². The summed E-state index contributed by atoms with van der Waals surface area (Å²) < 4.78 is 7.51. The highest BCUT2D eigenvalue weighted by Gasteiger charge is 2.15. The summed E-state index contributed by atoms with van der Waals surface area (Å²) in [5, 5.41) is 0. The predicted molar refractivity (Wildman–Crippen MR) is 70.1 cm³/mol. The molecule has 0 saturated heterocycles. The van der Waals surface area contributed by atoms with E-state index in [9.17, 15) is 0 Å². The van der Waals surface area contributed by atoms with Crippen LogP contribution in [0.5, 0.6) is 0 Å². The van der Waals surface area contributed by atoms with Crippen LogP contribution in [-0.4, -0.2) is 22.8 Å². The summed E-state index contributed by atoms with van der Waals surface area (Å²) in [6.45, 7) is 7.54. The van der Waals surface area contributed by atoms with E-state index in [0.29, 0.717) is 12.6 Å². The fourth-order valence-corrected chi connectivity index (χ4v) is 2.15. The van der Waals surface area contributed by atoms with Gasteiger partial charge in [0.2, 0.25) is 5.95 Å². The highest BCUT2D eigenvalue weighted by molar-refractivity contribution is 5.81. The SMILES string of the molecule is CCOCC(C)n1c(N)nc2cccc(C)c21. The molecule has 4 nitrogen and oxygen atoms in total. The van der Waals surface area contributed by atoms with Crippen LogP contribution in [0, 0.1) is 6.92 Å². The third kappa shape index (κ3) is 2.13. The largest absolute Gasteiger partial charge is 0.380 e. The van der Waals surface area contributed by atoms with Crippen molar-refractivity contribution in [3.63, 3.8) is 0 Å². The molecule has 0 fully saturated rings. The Morgan fingerprint density at radius 3 is 2.94 bits per heavy atom. The van der Waals surface area contributed by atoms with Crippen molar-refractivity contribution in [3.05, 3.63) is 23.8 Å². The first-order chi connectivity index (χ1) is 8.15. The van der Waals surface area contributed by atoms with Gasteiger partial charge in [0, 0.05) is 6.61 Å². The van der Waals surface area contributed by atoms with Gasteiger partial charge in [0.1, 0.15) is 0 Å². The van der Waals surface area contributed by atoms with Crippen molar-refractivity contribution in [2.45, 2.75) is 26.8 Å². The summed E-state index contributed by atoms with van der Waals surface area (Å²) in [5.74, 6) is 0.557. The number of nitrogen functional groups attached to an aromatic ring is 1. The van der Waals surface area contributed by atoms with Crippen LogP contribution in [0.3, 0.4) is 0 Å². The lowest BCUT2D eigenvalue weighted by atomic mass is 10.2. The first-order valence-corrected chi connectivity index (χ1v) is 5.96. The van der Waals surface area contributed by atoms with Gasteiger partial charge in [-0.25, -0.2) is 4.98 Å². The van der Waals surface area contributed by atoms with E-state index in [4.69, 9.17) is 10.5 Å². The Bertz CT molecular complexity index is 519. The molecular weight excluding hydrogens is 214 g/mol. The molecule has 0 radical (unpaired) electrons. The number of para-hydroxylation sites is 1. The Morgan fingerprint density at radius 2 is 2.24 bits per heavy atom.